The lowest BCUT2D eigenvalue weighted by molar-refractivity contribution is -0.385. The van der Waals surface area contributed by atoms with Crippen LogP contribution in [0.5, 0.6) is 0 Å². The third kappa shape index (κ3) is 3.36. The Kier molecular flexibility index (Phi) is 4.22. The predicted molar refractivity (Wildman–Crippen MR) is 81.4 cm³/mol. The molecular formula is C15H17N5O2. The van der Waals surface area contributed by atoms with Crippen LogP contribution in [0.2, 0.25) is 0 Å². The van der Waals surface area contributed by atoms with Crippen molar-refractivity contribution in [3.05, 3.63) is 52.6 Å². The number of rotatable bonds is 5. The maximum atomic E-state index is 10.6. The number of nitrogens with zero attached hydrogens (tertiary/aromatic N) is 4. The molecule has 2 unspecified atom stereocenters. The van der Waals surface area contributed by atoms with Gasteiger partial charge in [-0.3, -0.25) is 15.1 Å². The maximum Gasteiger partial charge on any atom is 0.305 e. The van der Waals surface area contributed by atoms with Crippen molar-refractivity contribution in [2.75, 3.05) is 5.32 Å². The van der Waals surface area contributed by atoms with Crippen LogP contribution in [0, 0.1) is 16.0 Å². The topological polar surface area (TPSA) is 93.8 Å². The molecule has 0 saturated heterocycles. The minimum atomic E-state index is -0.497. The van der Waals surface area contributed by atoms with Crippen LogP contribution in [0.15, 0.2) is 36.8 Å². The largest absolute Gasteiger partial charge is 0.351 e. The molecule has 2 heterocycles. The van der Waals surface area contributed by atoms with Gasteiger partial charge in [0.15, 0.2) is 0 Å². The Hall–Kier alpha value is -2.57. The molecule has 1 saturated carbocycles. The highest BCUT2D eigenvalue weighted by Crippen LogP contribution is 2.30. The Morgan fingerprint density at radius 3 is 2.73 bits per heavy atom. The minimum Gasteiger partial charge on any atom is -0.351 e. The molecule has 0 bridgehead atoms. The Morgan fingerprint density at radius 1 is 1.23 bits per heavy atom. The van der Waals surface area contributed by atoms with E-state index in [0.717, 1.165) is 31.4 Å². The van der Waals surface area contributed by atoms with E-state index in [-0.39, 0.29) is 11.7 Å². The molecule has 1 fully saturated rings. The SMILES string of the molecule is O=[N+]([O-])c1cnc(NC2CCCC2Cc2ccccn2)nc1. The van der Waals surface area contributed by atoms with Crippen molar-refractivity contribution in [2.24, 2.45) is 5.92 Å². The molecule has 3 rings (SSSR count). The van der Waals surface area contributed by atoms with Gasteiger partial charge in [0.05, 0.1) is 4.92 Å². The number of pyridine rings is 1. The van der Waals surface area contributed by atoms with Gasteiger partial charge < -0.3 is 5.32 Å². The molecule has 2 aromatic heterocycles. The van der Waals surface area contributed by atoms with E-state index < -0.39 is 4.92 Å². The second-order valence-corrected chi connectivity index (χ2v) is 5.49. The first kappa shape index (κ1) is 14.4. The molecular weight excluding hydrogens is 282 g/mol. The summed E-state index contributed by atoms with van der Waals surface area (Å²) in [7, 11) is 0. The van der Waals surface area contributed by atoms with E-state index in [1.807, 2.05) is 24.4 Å². The van der Waals surface area contributed by atoms with E-state index in [2.05, 4.69) is 20.3 Å². The lowest BCUT2D eigenvalue weighted by Crippen LogP contribution is -2.26. The molecule has 0 aromatic carbocycles. The predicted octanol–water partition coefficient (Wildman–Crippen LogP) is 2.60. The Bertz CT molecular complexity index is 632. The second-order valence-electron chi connectivity index (χ2n) is 5.49. The van der Waals surface area contributed by atoms with Gasteiger partial charge in [0.1, 0.15) is 12.4 Å². The zero-order valence-electron chi connectivity index (χ0n) is 12.1. The van der Waals surface area contributed by atoms with Crippen LogP contribution in [0.3, 0.4) is 0 Å². The van der Waals surface area contributed by atoms with Crippen LogP contribution >= 0.6 is 0 Å². The highest BCUT2D eigenvalue weighted by Gasteiger charge is 2.28. The lowest BCUT2D eigenvalue weighted by atomic mass is 9.97. The normalized spacial score (nSPS) is 20.7. The van der Waals surface area contributed by atoms with Gasteiger partial charge >= 0.3 is 5.69 Å². The standard InChI is InChI=1S/C15H17N5O2/c21-20(22)13-9-17-15(18-10-13)19-14-6-3-4-11(14)8-12-5-1-2-7-16-12/h1-2,5,7,9-11,14H,3-4,6,8H2,(H,17,18,19). The molecule has 0 amide bonds. The highest BCUT2D eigenvalue weighted by atomic mass is 16.6. The van der Waals surface area contributed by atoms with Crippen LogP contribution in [0.1, 0.15) is 25.0 Å². The van der Waals surface area contributed by atoms with Gasteiger partial charge in [0.25, 0.3) is 0 Å². The maximum absolute atomic E-state index is 10.6. The Labute approximate surface area is 128 Å². The van der Waals surface area contributed by atoms with Gasteiger partial charge in [-0.25, -0.2) is 9.97 Å². The fourth-order valence-electron chi connectivity index (χ4n) is 2.91. The summed E-state index contributed by atoms with van der Waals surface area (Å²) in [4.78, 5) is 22.5. The molecule has 1 aliphatic carbocycles. The van der Waals surface area contributed by atoms with E-state index >= 15 is 0 Å². The van der Waals surface area contributed by atoms with Crippen molar-refractivity contribution in [2.45, 2.75) is 31.7 Å². The van der Waals surface area contributed by atoms with E-state index in [9.17, 15) is 10.1 Å². The summed E-state index contributed by atoms with van der Waals surface area (Å²) in [5.74, 6) is 0.928. The van der Waals surface area contributed by atoms with E-state index in [1.54, 1.807) is 0 Å². The summed E-state index contributed by atoms with van der Waals surface area (Å²) in [5.41, 5.74) is 0.993. The lowest BCUT2D eigenvalue weighted by Gasteiger charge is -2.20. The van der Waals surface area contributed by atoms with Crippen molar-refractivity contribution in [3.8, 4) is 0 Å². The summed E-state index contributed by atoms with van der Waals surface area (Å²) < 4.78 is 0. The second kappa shape index (κ2) is 6.46. The van der Waals surface area contributed by atoms with Crippen molar-refractivity contribution < 1.29 is 4.92 Å². The first-order valence-electron chi connectivity index (χ1n) is 7.35. The van der Waals surface area contributed by atoms with E-state index in [0.29, 0.717) is 11.9 Å². The smallest absolute Gasteiger partial charge is 0.305 e. The molecule has 7 heteroatoms. The highest BCUT2D eigenvalue weighted by molar-refractivity contribution is 5.32. The molecule has 0 spiro atoms. The molecule has 114 valence electrons. The number of nitro groups is 1. The van der Waals surface area contributed by atoms with Crippen LogP contribution in [-0.4, -0.2) is 25.9 Å². The summed E-state index contributed by atoms with van der Waals surface area (Å²) in [5, 5.41) is 13.9. The molecule has 7 nitrogen and oxygen atoms in total. The van der Waals surface area contributed by atoms with Crippen molar-refractivity contribution in [1.29, 1.82) is 0 Å². The molecule has 0 aliphatic heterocycles. The van der Waals surface area contributed by atoms with Crippen molar-refractivity contribution in [1.82, 2.24) is 15.0 Å². The first-order valence-corrected chi connectivity index (χ1v) is 7.35. The summed E-state index contributed by atoms with van der Waals surface area (Å²) in [6, 6.07) is 6.23. The quantitative estimate of drug-likeness (QED) is 0.673. The summed E-state index contributed by atoms with van der Waals surface area (Å²) in [6.45, 7) is 0. The molecule has 2 atom stereocenters. The van der Waals surface area contributed by atoms with Gasteiger partial charge in [-0.1, -0.05) is 12.5 Å². The summed E-state index contributed by atoms with van der Waals surface area (Å²) in [6.07, 6.45) is 8.55. The van der Waals surface area contributed by atoms with Crippen molar-refractivity contribution >= 4 is 11.6 Å². The third-order valence-electron chi connectivity index (χ3n) is 4.02. The molecule has 0 radical (unpaired) electrons. The molecule has 1 N–H and O–H groups in total. The number of hydrogen-bond donors (Lipinski definition) is 1. The van der Waals surface area contributed by atoms with Gasteiger partial charge in [0.2, 0.25) is 5.95 Å². The van der Waals surface area contributed by atoms with Crippen molar-refractivity contribution in [3.63, 3.8) is 0 Å². The number of nitrogens with one attached hydrogen (secondary N) is 1. The minimum absolute atomic E-state index is 0.0954. The van der Waals surface area contributed by atoms with Crippen LogP contribution in [0.4, 0.5) is 11.6 Å². The van der Waals surface area contributed by atoms with Crippen LogP contribution in [-0.2, 0) is 6.42 Å². The van der Waals surface area contributed by atoms with E-state index in [4.69, 9.17) is 0 Å². The monoisotopic (exact) mass is 299 g/mol. The third-order valence-corrected chi connectivity index (χ3v) is 4.02. The molecule has 22 heavy (non-hydrogen) atoms. The zero-order chi connectivity index (χ0) is 15.4. The molecule has 1 aliphatic rings. The fourth-order valence-corrected chi connectivity index (χ4v) is 2.91. The fraction of sp³-hybridized carbons (Fsp3) is 0.400. The average molecular weight is 299 g/mol. The zero-order valence-corrected chi connectivity index (χ0v) is 12.1. The van der Waals surface area contributed by atoms with Crippen LogP contribution < -0.4 is 5.32 Å². The number of anilines is 1. The first-order chi connectivity index (χ1) is 10.7. The van der Waals surface area contributed by atoms with Gasteiger partial charge in [-0.15, -0.1) is 0 Å². The molecule has 2 aromatic rings. The van der Waals surface area contributed by atoms with Gasteiger partial charge in [-0.2, -0.15) is 0 Å². The summed E-state index contributed by atoms with van der Waals surface area (Å²) >= 11 is 0. The van der Waals surface area contributed by atoms with E-state index in [1.165, 1.54) is 12.4 Å². The van der Waals surface area contributed by atoms with Crippen LogP contribution in [0.25, 0.3) is 0 Å². The number of hydrogen-bond acceptors (Lipinski definition) is 6. The number of aromatic nitrogens is 3. The van der Waals surface area contributed by atoms with Gasteiger partial charge in [0, 0.05) is 17.9 Å². The average Bonchev–Trinajstić information content (AvgIpc) is 2.96. The Balaban J connectivity index is 1.64. The van der Waals surface area contributed by atoms with Gasteiger partial charge in [-0.05, 0) is 37.3 Å². The Morgan fingerprint density at radius 2 is 2.05 bits per heavy atom.